The van der Waals surface area contributed by atoms with Crippen LogP contribution in [0.1, 0.15) is 105 Å². The standard InChI is InChI=1S/2C16H22O4.2C3H6O.2Rh/c2*1-15(2,13(17)18)9-11-6-5-7-12(8-11)10-16(3,4)14(19)20;2*1-3(2)4;;/h2*5-8H,9-10H2,1-4H3,(H,17,18)(H,19,20);2*1-2H3;;/q;;;;2*+2/p-4. The number of carboxylic acid groups (broad SMARTS) is 4. The molecular formula is C38H52O10Rh2. The number of rotatable bonds is 12. The predicted molar refractivity (Wildman–Crippen MR) is 176 cm³/mol. The molecule has 10 nitrogen and oxygen atoms in total. The van der Waals surface area contributed by atoms with Gasteiger partial charge in [0.2, 0.25) is 0 Å². The average molecular weight is 875 g/mol. The van der Waals surface area contributed by atoms with E-state index in [4.69, 9.17) is 0 Å². The first-order valence-corrected chi connectivity index (χ1v) is 15.5. The van der Waals surface area contributed by atoms with E-state index in [9.17, 15) is 49.2 Å². The van der Waals surface area contributed by atoms with Crippen LogP contribution in [0.3, 0.4) is 0 Å². The molecular weight excluding hydrogens is 822 g/mol. The van der Waals surface area contributed by atoms with E-state index < -0.39 is 45.5 Å². The molecule has 2 radical (unpaired) electrons. The number of carbonyl (C=O) groups is 6. The van der Waals surface area contributed by atoms with Crippen LogP contribution in [0.25, 0.3) is 0 Å². The van der Waals surface area contributed by atoms with Gasteiger partial charge in [-0.25, -0.2) is 0 Å². The molecule has 0 atom stereocenters. The molecule has 0 bridgehead atoms. The van der Waals surface area contributed by atoms with E-state index in [1.165, 1.54) is 27.7 Å². The third kappa shape index (κ3) is 23.3. The van der Waals surface area contributed by atoms with E-state index in [1.54, 1.807) is 67.5 Å². The fourth-order valence-electron chi connectivity index (χ4n) is 4.03. The second-order valence-corrected chi connectivity index (χ2v) is 14.8. The Hall–Kier alpha value is -3.09. The smallest absolute Gasteiger partial charge is 0.550 e. The fourth-order valence-corrected chi connectivity index (χ4v) is 4.03. The van der Waals surface area contributed by atoms with Gasteiger partial charge in [0.15, 0.2) is 0 Å². The maximum Gasteiger partial charge on any atom is 2.00 e. The van der Waals surface area contributed by atoms with Crippen LogP contribution in [-0.4, -0.2) is 35.4 Å². The van der Waals surface area contributed by atoms with Gasteiger partial charge in [-0.05, 0) is 75.6 Å². The maximum atomic E-state index is 11.0. The van der Waals surface area contributed by atoms with Gasteiger partial charge in [-0.15, -0.1) is 0 Å². The van der Waals surface area contributed by atoms with Crippen LogP contribution < -0.4 is 20.4 Å². The summed E-state index contributed by atoms with van der Waals surface area (Å²) in [5.41, 5.74) is -0.413. The number of ketones is 2. The molecule has 0 unspecified atom stereocenters. The number of carboxylic acids is 4. The van der Waals surface area contributed by atoms with Gasteiger partial charge in [-0.3, -0.25) is 0 Å². The van der Waals surface area contributed by atoms with Crippen molar-refractivity contribution in [1.82, 2.24) is 0 Å². The zero-order valence-corrected chi connectivity index (χ0v) is 34.5. The van der Waals surface area contributed by atoms with Gasteiger partial charge in [0, 0.05) is 45.5 Å². The van der Waals surface area contributed by atoms with Crippen molar-refractivity contribution in [2.45, 2.75) is 109 Å². The summed E-state index contributed by atoms with van der Waals surface area (Å²) in [6, 6.07) is 14.6. The van der Waals surface area contributed by atoms with Gasteiger partial charge in [0.05, 0.1) is 0 Å². The summed E-state index contributed by atoms with van der Waals surface area (Å²) in [5.74, 6) is -4.06. The summed E-state index contributed by atoms with van der Waals surface area (Å²) in [6.45, 7) is 19.0. The van der Waals surface area contributed by atoms with E-state index in [-0.39, 0.29) is 50.5 Å². The van der Waals surface area contributed by atoms with Crippen molar-refractivity contribution in [2.24, 2.45) is 21.7 Å². The van der Waals surface area contributed by atoms with Crippen LogP contribution in [-0.2, 0) is 93.4 Å². The van der Waals surface area contributed by atoms with Crippen LogP contribution in [0.2, 0.25) is 0 Å². The third-order valence-corrected chi connectivity index (χ3v) is 6.78. The number of hydrogen-bond donors (Lipinski definition) is 0. The third-order valence-electron chi connectivity index (χ3n) is 6.78. The van der Waals surface area contributed by atoms with Gasteiger partial charge >= 0.3 is 39.0 Å². The van der Waals surface area contributed by atoms with Crippen molar-refractivity contribution in [1.29, 1.82) is 0 Å². The Labute approximate surface area is 323 Å². The summed E-state index contributed by atoms with van der Waals surface area (Å²) in [7, 11) is 0. The minimum absolute atomic E-state index is 0. The summed E-state index contributed by atoms with van der Waals surface area (Å²) in [6.07, 6.45) is 1.37. The summed E-state index contributed by atoms with van der Waals surface area (Å²) < 4.78 is 0. The first-order chi connectivity index (χ1) is 21.6. The number of carbonyl (C=O) groups excluding carboxylic acids is 6. The second kappa shape index (κ2) is 23.4. The van der Waals surface area contributed by atoms with Crippen molar-refractivity contribution >= 4 is 35.4 Å². The van der Waals surface area contributed by atoms with E-state index in [0.717, 1.165) is 22.3 Å². The second-order valence-electron chi connectivity index (χ2n) is 14.8. The van der Waals surface area contributed by atoms with Crippen molar-refractivity contribution < 1.29 is 88.1 Å². The van der Waals surface area contributed by atoms with Crippen LogP contribution in [0.5, 0.6) is 0 Å². The maximum absolute atomic E-state index is 11.0. The zero-order valence-electron chi connectivity index (χ0n) is 31.2. The molecule has 0 heterocycles. The van der Waals surface area contributed by atoms with Crippen LogP contribution in [0.15, 0.2) is 48.5 Å². The van der Waals surface area contributed by atoms with E-state index in [2.05, 4.69) is 0 Å². The molecule has 2 aromatic rings. The molecule has 0 amide bonds. The van der Waals surface area contributed by atoms with E-state index in [0.29, 0.717) is 25.7 Å². The van der Waals surface area contributed by atoms with Crippen LogP contribution in [0, 0.1) is 21.7 Å². The van der Waals surface area contributed by atoms with E-state index in [1.807, 2.05) is 36.4 Å². The topological polar surface area (TPSA) is 195 Å². The minimum atomic E-state index is -1.10. The Kier molecular flexibility index (Phi) is 25.1. The minimum Gasteiger partial charge on any atom is -0.550 e. The normalized spacial score (nSPS) is 10.8. The molecule has 0 N–H and O–H groups in total. The Balaban J connectivity index is -0.000000337. The molecule has 282 valence electrons. The fraction of sp³-hybridized carbons (Fsp3) is 0.526. The van der Waals surface area contributed by atoms with Gasteiger partial charge < -0.3 is 49.2 Å². The Bertz CT molecular complexity index is 1220. The molecule has 2 rings (SSSR count). The largest absolute Gasteiger partial charge is 2.00 e. The molecule has 0 aliphatic rings. The Morgan fingerprint density at radius 3 is 0.680 bits per heavy atom. The molecule has 0 aliphatic carbocycles. The molecule has 0 saturated heterocycles. The van der Waals surface area contributed by atoms with Crippen molar-refractivity contribution in [2.75, 3.05) is 0 Å². The Morgan fingerprint density at radius 1 is 0.420 bits per heavy atom. The van der Waals surface area contributed by atoms with Crippen LogP contribution >= 0.6 is 0 Å². The molecule has 50 heavy (non-hydrogen) atoms. The van der Waals surface area contributed by atoms with Gasteiger partial charge in [-0.2, -0.15) is 0 Å². The summed E-state index contributed by atoms with van der Waals surface area (Å²) in [5, 5.41) is 44.1. The molecule has 0 spiro atoms. The SMILES string of the molecule is CC(C)(Cc1cccc(CC(C)(C)C(=O)[O-])c1)C(=O)[O-].CC(C)(Cc1cccc(CC(C)(C)C(=O)[O-])c1)C(=O)[O-].CC(C)=O.CC(C)=O.[Rh+2].[Rh+2]. The van der Waals surface area contributed by atoms with Gasteiger partial charge in [0.25, 0.3) is 0 Å². The zero-order chi connectivity index (χ0) is 38.3. The predicted octanol–water partition coefficient (Wildman–Crippen LogP) is 1.83. The first-order valence-electron chi connectivity index (χ1n) is 15.5. The number of aliphatic carboxylic acids is 4. The Morgan fingerprint density at radius 2 is 0.560 bits per heavy atom. The average Bonchev–Trinajstić information content (AvgIpc) is 2.87. The quantitative estimate of drug-likeness (QED) is 0.284. The van der Waals surface area contributed by atoms with E-state index >= 15 is 0 Å². The summed E-state index contributed by atoms with van der Waals surface area (Å²) in [4.78, 5) is 63.0. The molecule has 0 saturated carbocycles. The number of hydrogen-bond acceptors (Lipinski definition) is 10. The van der Waals surface area contributed by atoms with Crippen molar-refractivity contribution in [3.63, 3.8) is 0 Å². The molecule has 2 aromatic carbocycles. The number of benzene rings is 2. The molecule has 0 aromatic heterocycles. The monoisotopic (exact) mass is 874 g/mol. The summed E-state index contributed by atoms with van der Waals surface area (Å²) >= 11 is 0. The van der Waals surface area contributed by atoms with Crippen molar-refractivity contribution in [3.05, 3.63) is 70.8 Å². The molecule has 0 aliphatic heterocycles. The van der Waals surface area contributed by atoms with Gasteiger partial charge in [0.1, 0.15) is 11.6 Å². The molecule has 0 fully saturated rings. The number of Topliss-reactive ketones (excluding diaryl/α,β-unsaturated/α-hetero) is 2. The van der Waals surface area contributed by atoms with Crippen LogP contribution in [0.4, 0.5) is 0 Å². The van der Waals surface area contributed by atoms with Crippen molar-refractivity contribution in [3.8, 4) is 0 Å². The first kappa shape index (κ1) is 53.7. The molecule has 12 heteroatoms. The van der Waals surface area contributed by atoms with Gasteiger partial charge in [-0.1, -0.05) is 104 Å².